The molecule has 0 heterocycles. The third-order valence-electron chi connectivity index (χ3n) is 10.3. The van der Waals surface area contributed by atoms with E-state index in [0.717, 1.165) is 44.9 Å². The van der Waals surface area contributed by atoms with E-state index in [1.165, 1.54) is 0 Å². The fraction of sp³-hybridized carbons (Fsp3) is 0.958. The number of carboxylic acids is 1. The standard InChI is InChI=1S/C24H40O5/c1-13(4-7-21(28)29)16-5-6-17-22-18(12-20(27)24(16,17)3)23(2)9-8-15(25)10-14(23)11-19(22)26/h13-20,22,25-27H,4-12H2,1-3H3,(H,28,29)/t13-,14+,15-,16-,17-,18+,19-,20+,22-,23-,24-/m1/s1. The number of aliphatic hydroxyl groups is 3. The molecule has 4 rings (SSSR count). The van der Waals surface area contributed by atoms with E-state index in [0.29, 0.717) is 30.1 Å². The Morgan fingerprint density at radius 2 is 1.76 bits per heavy atom. The molecule has 166 valence electrons. The van der Waals surface area contributed by atoms with Crippen molar-refractivity contribution in [3.63, 3.8) is 0 Å². The SMILES string of the molecule is C[C@H](CCC(=O)O)[C@H]1CC[C@@H]2[C@H]3[C@H](O)C[C@@H]4C[C@H](O)CC[C@@]4(C)[C@H]3C[C@H](O)[C@@]21C. The van der Waals surface area contributed by atoms with Crippen LogP contribution in [-0.2, 0) is 4.79 Å². The van der Waals surface area contributed by atoms with Crippen molar-refractivity contribution >= 4 is 5.97 Å². The summed E-state index contributed by atoms with van der Waals surface area (Å²) in [4.78, 5) is 11.1. The van der Waals surface area contributed by atoms with Crippen molar-refractivity contribution < 1.29 is 25.2 Å². The van der Waals surface area contributed by atoms with Crippen molar-refractivity contribution in [3.8, 4) is 0 Å². The van der Waals surface area contributed by atoms with E-state index in [2.05, 4.69) is 20.8 Å². The zero-order chi connectivity index (χ0) is 21.1. The number of carboxylic acid groups (broad SMARTS) is 1. The van der Waals surface area contributed by atoms with Gasteiger partial charge in [0.1, 0.15) is 0 Å². The fourth-order valence-electron chi connectivity index (χ4n) is 8.68. The zero-order valence-corrected chi connectivity index (χ0v) is 18.3. The van der Waals surface area contributed by atoms with Gasteiger partial charge in [-0.15, -0.1) is 0 Å². The van der Waals surface area contributed by atoms with Gasteiger partial charge in [-0.3, -0.25) is 4.79 Å². The summed E-state index contributed by atoms with van der Waals surface area (Å²) in [6, 6.07) is 0. The van der Waals surface area contributed by atoms with Crippen LogP contribution < -0.4 is 0 Å². The predicted molar refractivity (Wildman–Crippen MR) is 110 cm³/mol. The van der Waals surface area contributed by atoms with Crippen LogP contribution in [0, 0.1) is 46.3 Å². The van der Waals surface area contributed by atoms with Gasteiger partial charge >= 0.3 is 5.97 Å². The van der Waals surface area contributed by atoms with Gasteiger partial charge in [0.25, 0.3) is 0 Å². The summed E-state index contributed by atoms with van der Waals surface area (Å²) < 4.78 is 0. The average molecular weight is 409 g/mol. The molecule has 11 atom stereocenters. The molecule has 0 aromatic heterocycles. The first-order valence-corrected chi connectivity index (χ1v) is 11.8. The minimum atomic E-state index is -0.748. The number of fused-ring (bicyclic) bond motifs is 5. The Balaban J connectivity index is 1.61. The first kappa shape index (κ1) is 21.6. The highest BCUT2D eigenvalue weighted by molar-refractivity contribution is 5.66. The van der Waals surface area contributed by atoms with E-state index in [9.17, 15) is 20.1 Å². The molecule has 0 spiro atoms. The minimum Gasteiger partial charge on any atom is -0.481 e. The van der Waals surface area contributed by atoms with Crippen molar-refractivity contribution in [1.29, 1.82) is 0 Å². The molecule has 0 aromatic carbocycles. The molecule has 4 fully saturated rings. The zero-order valence-electron chi connectivity index (χ0n) is 18.3. The van der Waals surface area contributed by atoms with E-state index < -0.39 is 12.1 Å². The summed E-state index contributed by atoms with van der Waals surface area (Å²) in [5, 5.41) is 42.0. The second kappa shape index (κ2) is 7.49. The molecule has 5 heteroatoms. The second-order valence-electron chi connectivity index (χ2n) is 11.4. The quantitative estimate of drug-likeness (QED) is 0.571. The first-order valence-electron chi connectivity index (χ1n) is 11.8. The van der Waals surface area contributed by atoms with Crippen LogP contribution in [0.15, 0.2) is 0 Å². The summed E-state index contributed by atoms with van der Waals surface area (Å²) in [7, 11) is 0. The smallest absolute Gasteiger partial charge is 0.303 e. The fourth-order valence-corrected chi connectivity index (χ4v) is 8.68. The van der Waals surface area contributed by atoms with Crippen LogP contribution in [0.5, 0.6) is 0 Å². The van der Waals surface area contributed by atoms with Crippen molar-refractivity contribution in [1.82, 2.24) is 0 Å². The number of carbonyl (C=O) groups is 1. The van der Waals surface area contributed by atoms with Crippen LogP contribution in [0.1, 0.15) is 78.6 Å². The maximum absolute atomic E-state index is 11.5. The van der Waals surface area contributed by atoms with Gasteiger partial charge < -0.3 is 20.4 Å². The van der Waals surface area contributed by atoms with Gasteiger partial charge in [0.15, 0.2) is 0 Å². The highest BCUT2D eigenvalue weighted by Gasteiger charge is 2.65. The topological polar surface area (TPSA) is 98.0 Å². The molecule has 4 aliphatic rings. The second-order valence-corrected chi connectivity index (χ2v) is 11.4. The van der Waals surface area contributed by atoms with Crippen molar-refractivity contribution in [2.24, 2.45) is 46.3 Å². The molecule has 4 N–H and O–H groups in total. The molecule has 0 unspecified atom stereocenters. The number of hydrogen-bond donors (Lipinski definition) is 4. The van der Waals surface area contributed by atoms with Gasteiger partial charge in [-0.05, 0) is 97.7 Å². The number of rotatable bonds is 4. The van der Waals surface area contributed by atoms with Gasteiger partial charge in [-0.1, -0.05) is 20.8 Å². The molecule has 4 saturated carbocycles. The van der Waals surface area contributed by atoms with Crippen LogP contribution in [0.2, 0.25) is 0 Å². The Kier molecular flexibility index (Phi) is 5.57. The van der Waals surface area contributed by atoms with E-state index in [4.69, 9.17) is 5.11 Å². The van der Waals surface area contributed by atoms with Crippen LogP contribution in [0.3, 0.4) is 0 Å². The normalized spacial score (nSPS) is 52.9. The molecular weight excluding hydrogens is 368 g/mol. The maximum Gasteiger partial charge on any atom is 0.303 e. The number of hydrogen-bond acceptors (Lipinski definition) is 4. The molecule has 0 aliphatic heterocycles. The third-order valence-corrected chi connectivity index (χ3v) is 10.3. The highest BCUT2D eigenvalue weighted by Crippen LogP contribution is 2.68. The summed E-state index contributed by atoms with van der Waals surface area (Å²) in [6.07, 6.45) is 6.00. The lowest BCUT2D eigenvalue weighted by Gasteiger charge is -2.63. The van der Waals surface area contributed by atoms with E-state index in [-0.39, 0.29) is 41.3 Å². The first-order chi connectivity index (χ1) is 13.6. The largest absolute Gasteiger partial charge is 0.481 e. The summed E-state index contributed by atoms with van der Waals surface area (Å²) in [6.45, 7) is 6.72. The van der Waals surface area contributed by atoms with E-state index >= 15 is 0 Å². The molecule has 0 aromatic rings. The predicted octanol–water partition coefficient (Wildman–Crippen LogP) is 3.45. The van der Waals surface area contributed by atoms with Gasteiger partial charge in [-0.2, -0.15) is 0 Å². The van der Waals surface area contributed by atoms with Crippen LogP contribution in [0.25, 0.3) is 0 Å². The molecule has 0 amide bonds. The van der Waals surface area contributed by atoms with Gasteiger partial charge in [-0.25, -0.2) is 0 Å². The van der Waals surface area contributed by atoms with Crippen molar-refractivity contribution in [2.45, 2.75) is 96.9 Å². The molecule has 0 bridgehead atoms. The van der Waals surface area contributed by atoms with Crippen LogP contribution >= 0.6 is 0 Å². The maximum atomic E-state index is 11.5. The summed E-state index contributed by atoms with van der Waals surface area (Å²) in [5.74, 6) is 0.997. The molecule has 5 nitrogen and oxygen atoms in total. The molecule has 0 radical (unpaired) electrons. The van der Waals surface area contributed by atoms with Crippen LogP contribution in [-0.4, -0.2) is 44.7 Å². The molecule has 4 aliphatic carbocycles. The molecule has 0 saturated heterocycles. The van der Waals surface area contributed by atoms with E-state index in [1.54, 1.807) is 0 Å². The lowest BCUT2D eigenvalue weighted by atomic mass is 9.43. The molecular formula is C24H40O5. The summed E-state index contributed by atoms with van der Waals surface area (Å²) >= 11 is 0. The Morgan fingerprint density at radius 3 is 2.45 bits per heavy atom. The van der Waals surface area contributed by atoms with Crippen molar-refractivity contribution in [2.75, 3.05) is 0 Å². The number of aliphatic carboxylic acids is 1. The third kappa shape index (κ3) is 3.27. The minimum absolute atomic E-state index is 0.0957. The van der Waals surface area contributed by atoms with Crippen molar-refractivity contribution in [3.05, 3.63) is 0 Å². The summed E-state index contributed by atoms with van der Waals surface area (Å²) in [5.41, 5.74) is -0.143. The monoisotopic (exact) mass is 408 g/mol. The Morgan fingerprint density at radius 1 is 1.03 bits per heavy atom. The Bertz CT molecular complexity index is 637. The van der Waals surface area contributed by atoms with Crippen LogP contribution in [0.4, 0.5) is 0 Å². The average Bonchev–Trinajstić information content (AvgIpc) is 3.01. The van der Waals surface area contributed by atoms with Gasteiger partial charge in [0.2, 0.25) is 0 Å². The Hall–Kier alpha value is -0.650. The lowest BCUT2D eigenvalue weighted by molar-refractivity contribution is -0.207. The van der Waals surface area contributed by atoms with E-state index in [1.807, 2.05) is 0 Å². The molecule has 29 heavy (non-hydrogen) atoms. The van der Waals surface area contributed by atoms with Gasteiger partial charge in [0, 0.05) is 6.42 Å². The lowest BCUT2D eigenvalue weighted by Crippen LogP contribution is -2.62. The van der Waals surface area contributed by atoms with Gasteiger partial charge in [0.05, 0.1) is 18.3 Å². The highest BCUT2D eigenvalue weighted by atomic mass is 16.4. The number of aliphatic hydroxyl groups excluding tert-OH is 3. The Labute approximate surface area is 174 Å².